The first kappa shape index (κ1) is 26.8. The number of anilines is 2. The van der Waals surface area contributed by atoms with Crippen LogP contribution >= 0.6 is 0 Å². The van der Waals surface area contributed by atoms with E-state index in [4.69, 9.17) is 18.9 Å². The van der Waals surface area contributed by atoms with Crippen LogP contribution < -0.4 is 19.3 Å². The zero-order chi connectivity index (χ0) is 27.6. The van der Waals surface area contributed by atoms with E-state index in [-0.39, 0.29) is 0 Å². The number of rotatable bonds is 8. The number of likely N-dealkylation sites (N-methyl/N-ethyl adjacent to an activating group) is 2. The fraction of sp³-hybridized carbons (Fsp3) is 0.556. The molecule has 206 valence electrons. The van der Waals surface area contributed by atoms with E-state index in [1.807, 2.05) is 52.2 Å². The van der Waals surface area contributed by atoms with Crippen LogP contribution in [0.5, 0.6) is 11.5 Å². The first-order valence-electron chi connectivity index (χ1n) is 13.2. The first-order chi connectivity index (χ1) is 18.8. The number of hydrogen-bond donors (Lipinski definition) is 0. The summed E-state index contributed by atoms with van der Waals surface area (Å²) < 4.78 is 24.2. The summed E-state index contributed by atoms with van der Waals surface area (Å²) in [6, 6.07) is 10.8. The lowest BCUT2D eigenvalue weighted by Gasteiger charge is -2.30. The molecular weight excluding hydrogens is 500 g/mol. The highest BCUT2D eigenvalue weighted by atomic mass is 16.8. The summed E-state index contributed by atoms with van der Waals surface area (Å²) in [5, 5.41) is 8.28. The Labute approximate surface area is 227 Å². The summed E-state index contributed by atoms with van der Waals surface area (Å²) in [7, 11) is 4.05. The number of azide groups is 2. The Bertz CT molecular complexity index is 1210. The summed E-state index contributed by atoms with van der Waals surface area (Å²) in [6.45, 7) is 6.51. The molecule has 0 bridgehead atoms. The average molecular weight is 535 g/mol. The third-order valence-electron chi connectivity index (χ3n) is 7.45. The van der Waals surface area contributed by atoms with E-state index in [2.05, 4.69) is 42.0 Å². The minimum absolute atomic E-state index is 0.426. The van der Waals surface area contributed by atoms with Gasteiger partial charge in [-0.1, -0.05) is 22.4 Å². The van der Waals surface area contributed by atoms with Gasteiger partial charge in [0.25, 0.3) is 0 Å². The van der Waals surface area contributed by atoms with Gasteiger partial charge >= 0.3 is 0 Å². The molecular formula is C27H34N8O4. The SMILES string of the molecule is CN1CCOc2ccc(C[C@@H](N=[N+]=[N-])[C@@H]3OC(C)(C)O[C@H]3[C@@H](Cc3ccc4c(c3)N(C)CCO4)N=[N+]=[N-])cc21. The summed E-state index contributed by atoms with van der Waals surface area (Å²) in [5.41, 5.74) is 22.9. The van der Waals surface area contributed by atoms with E-state index in [0.29, 0.717) is 26.1 Å². The predicted molar refractivity (Wildman–Crippen MR) is 148 cm³/mol. The van der Waals surface area contributed by atoms with Gasteiger partial charge in [0.1, 0.15) is 24.7 Å². The van der Waals surface area contributed by atoms with Crippen LogP contribution in [0, 0.1) is 0 Å². The highest BCUT2D eigenvalue weighted by Crippen LogP contribution is 2.38. The van der Waals surface area contributed by atoms with Crippen molar-refractivity contribution in [3.63, 3.8) is 0 Å². The maximum Gasteiger partial charge on any atom is 0.163 e. The lowest BCUT2D eigenvalue weighted by Crippen LogP contribution is -2.42. The molecule has 2 aromatic carbocycles. The summed E-state index contributed by atoms with van der Waals surface area (Å²) >= 11 is 0. The number of benzene rings is 2. The van der Waals surface area contributed by atoms with Crippen LogP contribution in [-0.4, -0.2) is 70.5 Å². The van der Waals surface area contributed by atoms with Crippen LogP contribution in [0.4, 0.5) is 11.4 Å². The van der Waals surface area contributed by atoms with E-state index >= 15 is 0 Å². The van der Waals surface area contributed by atoms with Gasteiger partial charge in [0.05, 0.1) is 48.8 Å². The van der Waals surface area contributed by atoms with Crippen molar-refractivity contribution in [2.45, 2.75) is 56.8 Å². The molecule has 1 fully saturated rings. The Kier molecular flexibility index (Phi) is 7.63. The van der Waals surface area contributed by atoms with E-state index in [1.165, 1.54) is 0 Å². The predicted octanol–water partition coefficient (Wildman–Crippen LogP) is 5.01. The van der Waals surface area contributed by atoms with Gasteiger partial charge in [-0.25, -0.2) is 0 Å². The Hall–Kier alpha value is -3.82. The summed E-state index contributed by atoms with van der Waals surface area (Å²) in [6.07, 6.45) is -0.397. The number of fused-ring (bicyclic) bond motifs is 2. The molecule has 0 aromatic heterocycles. The van der Waals surface area contributed by atoms with Gasteiger partial charge in [-0.15, -0.1) is 0 Å². The van der Waals surface area contributed by atoms with E-state index in [0.717, 1.165) is 47.1 Å². The molecule has 0 spiro atoms. The van der Waals surface area contributed by atoms with Crippen LogP contribution in [0.25, 0.3) is 20.9 Å². The maximum absolute atomic E-state index is 9.48. The molecule has 3 aliphatic heterocycles. The summed E-state index contributed by atoms with van der Waals surface area (Å²) in [4.78, 5) is 10.6. The Morgan fingerprint density at radius 3 is 1.67 bits per heavy atom. The Morgan fingerprint density at radius 2 is 1.26 bits per heavy atom. The minimum atomic E-state index is -0.949. The molecule has 0 N–H and O–H groups in total. The number of nitrogens with zero attached hydrogens (tertiary/aromatic N) is 8. The normalized spacial score (nSPS) is 22.8. The highest BCUT2D eigenvalue weighted by Gasteiger charge is 2.48. The molecule has 2 aromatic rings. The highest BCUT2D eigenvalue weighted by molar-refractivity contribution is 5.62. The fourth-order valence-electron chi connectivity index (χ4n) is 5.52. The third kappa shape index (κ3) is 5.79. The molecule has 0 aliphatic carbocycles. The van der Waals surface area contributed by atoms with Crippen molar-refractivity contribution in [3.8, 4) is 11.5 Å². The topological polar surface area (TPSA) is 141 Å². The van der Waals surface area contributed by atoms with Crippen LogP contribution in [0.15, 0.2) is 46.6 Å². The zero-order valence-electron chi connectivity index (χ0n) is 22.7. The van der Waals surface area contributed by atoms with Crippen molar-refractivity contribution in [2.75, 3.05) is 50.2 Å². The van der Waals surface area contributed by atoms with Crippen molar-refractivity contribution < 1.29 is 18.9 Å². The number of ether oxygens (including phenoxy) is 4. The summed E-state index contributed by atoms with van der Waals surface area (Å²) in [5.74, 6) is 0.712. The van der Waals surface area contributed by atoms with Crippen LogP contribution in [0.3, 0.4) is 0 Å². The van der Waals surface area contributed by atoms with E-state index < -0.39 is 30.1 Å². The standard InChI is InChI=1S/C27H34N8O4/c1-27(2)38-25(19(30-32-28)13-17-5-7-23-21(15-17)34(3)9-11-36-23)26(39-27)20(31-33-29)14-18-6-8-24-22(16-18)35(4)10-12-37-24/h5-8,15-16,19-20,25-26H,9-14H2,1-4H3/t19-,20-,25+,26+/m1/s1. The van der Waals surface area contributed by atoms with Crippen LogP contribution in [0.2, 0.25) is 0 Å². The molecule has 1 saturated heterocycles. The van der Waals surface area contributed by atoms with Gasteiger partial charge in [0, 0.05) is 23.9 Å². The largest absolute Gasteiger partial charge is 0.490 e. The first-order valence-corrected chi connectivity index (χ1v) is 13.2. The quantitative estimate of drug-likeness (QED) is 0.265. The number of hydrogen-bond acceptors (Lipinski definition) is 8. The second kappa shape index (κ2) is 11.1. The average Bonchev–Trinajstić information content (AvgIpc) is 3.24. The lowest BCUT2D eigenvalue weighted by atomic mass is 9.91. The molecule has 4 atom stereocenters. The minimum Gasteiger partial charge on any atom is -0.490 e. The lowest BCUT2D eigenvalue weighted by molar-refractivity contribution is -0.149. The van der Waals surface area contributed by atoms with Gasteiger partial charge < -0.3 is 28.7 Å². The Morgan fingerprint density at radius 1 is 0.821 bits per heavy atom. The van der Waals surface area contributed by atoms with Gasteiger partial charge in [0.2, 0.25) is 0 Å². The molecule has 12 nitrogen and oxygen atoms in total. The van der Waals surface area contributed by atoms with Crippen molar-refractivity contribution >= 4 is 11.4 Å². The molecule has 5 rings (SSSR count). The molecule has 0 radical (unpaired) electrons. The monoisotopic (exact) mass is 534 g/mol. The van der Waals surface area contributed by atoms with Crippen molar-refractivity contribution in [3.05, 3.63) is 68.4 Å². The van der Waals surface area contributed by atoms with Crippen molar-refractivity contribution in [1.29, 1.82) is 0 Å². The Balaban J connectivity index is 1.42. The molecule has 12 heteroatoms. The molecule has 3 aliphatic rings. The maximum atomic E-state index is 9.48. The van der Waals surface area contributed by atoms with Gasteiger partial charge in [-0.05, 0) is 73.1 Å². The van der Waals surface area contributed by atoms with Crippen LogP contribution in [-0.2, 0) is 22.3 Å². The second-order valence-electron chi connectivity index (χ2n) is 10.7. The molecule has 0 saturated carbocycles. The fourth-order valence-corrected chi connectivity index (χ4v) is 5.52. The molecule has 39 heavy (non-hydrogen) atoms. The molecule has 3 heterocycles. The van der Waals surface area contributed by atoms with E-state index in [9.17, 15) is 11.1 Å². The van der Waals surface area contributed by atoms with Crippen LogP contribution in [0.1, 0.15) is 25.0 Å². The van der Waals surface area contributed by atoms with Crippen molar-refractivity contribution in [2.24, 2.45) is 10.2 Å². The van der Waals surface area contributed by atoms with Crippen molar-refractivity contribution in [1.82, 2.24) is 0 Å². The van der Waals surface area contributed by atoms with Gasteiger partial charge in [0.15, 0.2) is 5.79 Å². The second-order valence-corrected chi connectivity index (χ2v) is 10.7. The van der Waals surface area contributed by atoms with E-state index in [1.54, 1.807) is 0 Å². The molecule has 0 unspecified atom stereocenters. The smallest absolute Gasteiger partial charge is 0.163 e. The van der Waals surface area contributed by atoms with Gasteiger partial charge in [-0.3, -0.25) is 0 Å². The zero-order valence-corrected chi connectivity index (χ0v) is 22.7. The molecule has 0 amide bonds. The third-order valence-corrected chi connectivity index (χ3v) is 7.45. The van der Waals surface area contributed by atoms with Gasteiger partial charge in [-0.2, -0.15) is 0 Å².